The Labute approximate surface area is 184 Å². The van der Waals surface area contributed by atoms with Crippen LogP contribution in [0.3, 0.4) is 0 Å². The molecule has 0 unspecified atom stereocenters. The highest BCUT2D eigenvalue weighted by Crippen LogP contribution is 2.22. The van der Waals surface area contributed by atoms with Crippen LogP contribution in [0.1, 0.15) is 41.1 Å². The van der Waals surface area contributed by atoms with Crippen LogP contribution in [0.15, 0.2) is 76.2 Å². The minimum atomic E-state index is -3.66. The Bertz CT molecular complexity index is 1110. The summed E-state index contributed by atoms with van der Waals surface area (Å²) in [5, 5.41) is 0. The molecule has 0 spiro atoms. The van der Waals surface area contributed by atoms with Gasteiger partial charge in [-0.15, -0.1) is 0 Å². The van der Waals surface area contributed by atoms with Crippen molar-refractivity contribution in [2.45, 2.75) is 38.8 Å². The minimum Gasteiger partial charge on any atom is -0.467 e. The Morgan fingerprint density at radius 3 is 2.26 bits per heavy atom. The molecular weight excluding hydrogens is 412 g/mol. The third kappa shape index (κ3) is 5.24. The summed E-state index contributed by atoms with van der Waals surface area (Å²) in [4.78, 5) is 15.4. The first-order valence-corrected chi connectivity index (χ1v) is 11.8. The van der Waals surface area contributed by atoms with Crippen LogP contribution < -0.4 is 0 Å². The summed E-state index contributed by atoms with van der Waals surface area (Å²) in [6, 6.07) is 18.0. The Hall–Kier alpha value is -2.90. The van der Waals surface area contributed by atoms with Gasteiger partial charge in [-0.05, 0) is 42.3 Å². The van der Waals surface area contributed by atoms with Crippen LogP contribution in [0.25, 0.3) is 0 Å². The largest absolute Gasteiger partial charge is 0.467 e. The smallest absolute Gasteiger partial charge is 0.254 e. The number of sulfonamides is 1. The molecule has 7 heteroatoms. The first-order chi connectivity index (χ1) is 14.9. The van der Waals surface area contributed by atoms with E-state index >= 15 is 0 Å². The van der Waals surface area contributed by atoms with Crippen molar-refractivity contribution in [2.75, 3.05) is 13.1 Å². The number of hydrogen-bond donors (Lipinski definition) is 0. The molecule has 0 aliphatic heterocycles. The number of amides is 1. The Morgan fingerprint density at radius 2 is 1.65 bits per heavy atom. The van der Waals surface area contributed by atoms with Gasteiger partial charge in [-0.3, -0.25) is 4.79 Å². The number of carbonyl (C=O) groups is 1. The van der Waals surface area contributed by atoms with Gasteiger partial charge in [0.05, 0.1) is 17.7 Å². The second-order valence-electron chi connectivity index (χ2n) is 7.29. The normalized spacial score (nSPS) is 11.6. The molecule has 0 saturated carbocycles. The minimum absolute atomic E-state index is 0.128. The number of furan rings is 1. The molecule has 1 amide bonds. The van der Waals surface area contributed by atoms with Crippen LogP contribution in [-0.2, 0) is 23.1 Å². The van der Waals surface area contributed by atoms with E-state index < -0.39 is 10.0 Å². The molecule has 0 aliphatic rings. The van der Waals surface area contributed by atoms with E-state index in [0.717, 1.165) is 11.1 Å². The van der Waals surface area contributed by atoms with Crippen LogP contribution >= 0.6 is 0 Å². The van der Waals surface area contributed by atoms with Gasteiger partial charge in [-0.2, -0.15) is 4.31 Å². The predicted octanol–water partition coefficient (Wildman–Crippen LogP) is 4.46. The second-order valence-corrected chi connectivity index (χ2v) is 9.23. The van der Waals surface area contributed by atoms with Crippen molar-refractivity contribution in [3.8, 4) is 0 Å². The summed E-state index contributed by atoms with van der Waals surface area (Å²) in [6.45, 7) is 6.82. The molecule has 164 valence electrons. The van der Waals surface area contributed by atoms with E-state index in [-0.39, 0.29) is 17.3 Å². The van der Waals surface area contributed by atoms with Crippen molar-refractivity contribution in [1.82, 2.24) is 9.21 Å². The molecule has 2 aromatic carbocycles. The lowest BCUT2D eigenvalue weighted by Gasteiger charge is -2.24. The van der Waals surface area contributed by atoms with E-state index in [2.05, 4.69) is 0 Å². The fourth-order valence-corrected chi connectivity index (χ4v) is 4.95. The maximum atomic E-state index is 13.6. The molecule has 0 N–H and O–H groups in total. The van der Waals surface area contributed by atoms with E-state index in [9.17, 15) is 13.2 Å². The Morgan fingerprint density at radius 1 is 0.935 bits per heavy atom. The van der Waals surface area contributed by atoms with E-state index in [0.29, 0.717) is 31.0 Å². The third-order valence-electron chi connectivity index (χ3n) is 5.21. The zero-order chi connectivity index (χ0) is 22.4. The molecule has 0 saturated heterocycles. The average molecular weight is 441 g/mol. The van der Waals surface area contributed by atoms with Crippen LogP contribution in [-0.4, -0.2) is 36.6 Å². The summed E-state index contributed by atoms with van der Waals surface area (Å²) in [5.74, 6) is 0.420. The van der Waals surface area contributed by atoms with Crippen molar-refractivity contribution in [3.05, 3.63) is 89.4 Å². The van der Waals surface area contributed by atoms with E-state index in [1.165, 1.54) is 10.4 Å². The van der Waals surface area contributed by atoms with Gasteiger partial charge < -0.3 is 9.32 Å². The molecule has 0 bridgehead atoms. The number of rotatable bonds is 9. The van der Waals surface area contributed by atoms with Gasteiger partial charge in [0.15, 0.2) is 0 Å². The zero-order valence-electron chi connectivity index (χ0n) is 18.1. The van der Waals surface area contributed by atoms with Gasteiger partial charge in [0.1, 0.15) is 5.76 Å². The molecule has 0 radical (unpaired) electrons. The van der Waals surface area contributed by atoms with Crippen LogP contribution in [0.4, 0.5) is 0 Å². The SMILES string of the molecule is CCN(CC)S(=O)(=O)c1ccc(C)c(C(=O)N(Cc2ccccc2)Cc2ccco2)c1. The summed E-state index contributed by atoms with van der Waals surface area (Å²) in [6.07, 6.45) is 1.57. The Kier molecular flexibility index (Phi) is 7.30. The molecule has 1 heterocycles. The Balaban J connectivity index is 1.98. The zero-order valence-corrected chi connectivity index (χ0v) is 18.9. The van der Waals surface area contributed by atoms with Crippen molar-refractivity contribution in [1.29, 1.82) is 0 Å². The lowest BCUT2D eigenvalue weighted by Crippen LogP contribution is -2.32. The second kappa shape index (κ2) is 9.94. The summed E-state index contributed by atoms with van der Waals surface area (Å²) in [7, 11) is -3.66. The fourth-order valence-electron chi connectivity index (χ4n) is 3.47. The number of carbonyl (C=O) groups excluding carboxylic acids is 1. The molecule has 3 rings (SSSR count). The number of benzene rings is 2. The van der Waals surface area contributed by atoms with Gasteiger partial charge in [-0.25, -0.2) is 8.42 Å². The van der Waals surface area contributed by atoms with E-state index in [4.69, 9.17) is 4.42 Å². The fraction of sp³-hybridized carbons (Fsp3) is 0.292. The van der Waals surface area contributed by atoms with Gasteiger partial charge >= 0.3 is 0 Å². The van der Waals surface area contributed by atoms with Crippen molar-refractivity contribution < 1.29 is 17.6 Å². The molecule has 0 fully saturated rings. The molecule has 3 aromatic rings. The molecule has 1 aromatic heterocycles. The van der Waals surface area contributed by atoms with Crippen LogP contribution in [0, 0.1) is 6.92 Å². The van der Waals surface area contributed by atoms with Crippen molar-refractivity contribution in [3.63, 3.8) is 0 Å². The highest BCUT2D eigenvalue weighted by Gasteiger charge is 2.25. The highest BCUT2D eigenvalue weighted by atomic mass is 32.2. The topological polar surface area (TPSA) is 70.8 Å². The van der Waals surface area contributed by atoms with Gasteiger partial charge in [0, 0.05) is 25.2 Å². The van der Waals surface area contributed by atoms with E-state index in [1.54, 1.807) is 43.2 Å². The first kappa shape index (κ1) is 22.8. The monoisotopic (exact) mass is 440 g/mol. The summed E-state index contributed by atoms with van der Waals surface area (Å²) >= 11 is 0. The maximum Gasteiger partial charge on any atom is 0.254 e. The molecular formula is C24H28N2O4S. The molecule has 0 atom stereocenters. The number of aryl methyl sites for hydroxylation is 1. The molecule has 0 aliphatic carbocycles. The quantitative estimate of drug-likeness (QED) is 0.492. The predicted molar refractivity (Wildman–Crippen MR) is 120 cm³/mol. The summed E-state index contributed by atoms with van der Waals surface area (Å²) < 4.78 is 32.8. The number of nitrogens with zero attached hydrogens (tertiary/aromatic N) is 2. The summed E-state index contributed by atoms with van der Waals surface area (Å²) in [5.41, 5.74) is 2.07. The highest BCUT2D eigenvalue weighted by molar-refractivity contribution is 7.89. The average Bonchev–Trinajstić information content (AvgIpc) is 3.27. The molecule has 31 heavy (non-hydrogen) atoms. The van der Waals surface area contributed by atoms with Gasteiger partial charge in [0.2, 0.25) is 10.0 Å². The lowest BCUT2D eigenvalue weighted by molar-refractivity contribution is 0.0716. The van der Waals surface area contributed by atoms with Crippen LogP contribution in [0.5, 0.6) is 0 Å². The van der Waals surface area contributed by atoms with Gasteiger partial charge in [-0.1, -0.05) is 50.2 Å². The maximum absolute atomic E-state index is 13.6. The third-order valence-corrected chi connectivity index (χ3v) is 7.26. The van der Waals surface area contributed by atoms with Gasteiger partial charge in [0.25, 0.3) is 5.91 Å². The van der Waals surface area contributed by atoms with E-state index in [1.807, 2.05) is 43.3 Å². The molecule has 6 nitrogen and oxygen atoms in total. The van der Waals surface area contributed by atoms with Crippen LogP contribution in [0.2, 0.25) is 0 Å². The van der Waals surface area contributed by atoms with Crippen molar-refractivity contribution in [2.24, 2.45) is 0 Å². The number of hydrogen-bond acceptors (Lipinski definition) is 4. The van der Waals surface area contributed by atoms with Crippen molar-refractivity contribution >= 4 is 15.9 Å². The first-order valence-electron chi connectivity index (χ1n) is 10.3. The lowest BCUT2D eigenvalue weighted by atomic mass is 10.1. The standard InChI is InChI=1S/C24H28N2O4S/c1-4-26(5-2)31(28,29)22-14-13-19(3)23(16-22)24(27)25(18-21-12-9-15-30-21)17-20-10-7-6-8-11-20/h6-16H,4-5,17-18H2,1-3H3.